The van der Waals surface area contributed by atoms with E-state index in [2.05, 4.69) is 78.2 Å². The van der Waals surface area contributed by atoms with Crippen molar-refractivity contribution in [3.8, 4) is 28.3 Å². The van der Waals surface area contributed by atoms with Gasteiger partial charge in [-0.2, -0.15) is 8.61 Å². The van der Waals surface area contributed by atoms with Crippen molar-refractivity contribution in [3.63, 3.8) is 0 Å². The van der Waals surface area contributed by atoms with Gasteiger partial charge in [-0.15, -0.1) is 22.7 Å². The van der Waals surface area contributed by atoms with Crippen molar-refractivity contribution in [2.24, 2.45) is 0 Å². The fraction of sp³-hybridized carbons (Fsp3) is 0.286. The van der Waals surface area contributed by atoms with Crippen LogP contribution in [0.2, 0.25) is 0 Å². The van der Waals surface area contributed by atoms with Gasteiger partial charge in [0.15, 0.2) is 10.3 Å². The van der Waals surface area contributed by atoms with E-state index in [1.54, 1.807) is 67.7 Å². The van der Waals surface area contributed by atoms with Gasteiger partial charge in [0.1, 0.15) is 5.75 Å². The number of halogens is 2. The minimum atomic E-state index is -3.49. The molecule has 0 bridgehead atoms. The van der Waals surface area contributed by atoms with Crippen LogP contribution in [0.15, 0.2) is 127 Å². The first-order valence-corrected chi connectivity index (χ1v) is 25.4. The third-order valence-electron chi connectivity index (χ3n) is 9.99. The molecular formula is C42H44Br2N6O5S4. The summed E-state index contributed by atoms with van der Waals surface area (Å²) in [6, 6.07) is 30.1. The molecule has 17 heteroatoms. The summed E-state index contributed by atoms with van der Waals surface area (Å²) in [5.74, 6) is 0.847. The maximum Gasteiger partial charge on any atom is 0.243 e. The maximum absolute atomic E-state index is 12.9. The summed E-state index contributed by atoms with van der Waals surface area (Å²) in [6.07, 6.45) is 1.02. The topological polar surface area (TPSA) is 116 Å². The predicted molar refractivity (Wildman–Crippen MR) is 246 cm³/mol. The van der Waals surface area contributed by atoms with Gasteiger partial charge in [-0.05, 0) is 79.6 Å². The van der Waals surface area contributed by atoms with Gasteiger partial charge in [-0.1, -0.05) is 75.2 Å². The summed E-state index contributed by atoms with van der Waals surface area (Å²) in [5, 5.41) is 5.97. The molecule has 2 aromatic heterocycles. The Kier molecular flexibility index (Phi) is 14.2. The summed E-state index contributed by atoms with van der Waals surface area (Å²) >= 11 is 9.89. The molecule has 6 aromatic rings. The van der Waals surface area contributed by atoms with Gasteiger partial charge in [0.25, 0.3) is 0 Å². The number of benzene rings is 4. The summed E-state index contributed by atoms with van der Waals surface area (Å²) in [7, 11) is -6.96. The van der Waals surface area contributed by atoms with Gasteiger partial charge in [-0.25, -0.2) is 26.8 Å². The van der Waals surface area contributed by atoms with Gasteiger partial charge in [-0.3, -0.25) is 0 Å². The smallest absolute Gasteiger partial charge is 0.243 e. The van der Waals surface area contributed by atoms with E-state index in [1.165, 1.54) is 5.56 Å². The molecule has 59 heavy (non-hydrogen) atoms. The highest BCUT2D eigenvalue weighted by Crippen LogP contribution is 2.32. The van der Waals surface area contributed by atoms with E-state index in [-0.39, 0.29) is 0 Å². The van der Waals surface area contributed by atoms with Crippen molar-refractivity contribution in [2.45, 2.75) is 30.1 Å². The Morgan fingerprint density at radius 3 is 1.41 bits per heavy atom. The summed E-state index contributed by atoms with van der Waals surface area (Å²) < 4.78 is 61.7. The third-order valence-corrected chi connectivity index (χ3v) is 16.6. The first-order valence-electron chi connectivity index (χ1n) is 19.2. The number of nitrogens with zero attached hydrogens (tertiary/aromatic N) is 6. The molecule has 0 saturated carbocycles. The van der Waals surface area contributed by atoms with Gasteiger partial charge in [0.2, 0.25) is 20.0 Å². The fourth-order valence-electron chi connectivity index (χ4n) is 6.68. The van der Waals surface area contributed by atoms with E-state index in [1.807, 2.05) is 48.7 Å². The first-order chi connectivity index (χ1) is 28.4. The van der Waals surface area contributed by atoms with Crippen LogP contribution in [-0.2, 0) is 26.5 Å². The molecule has 0 radical (unpaired) electrons. The number of ether oxygens (including phenoxy) is 1. The summed E-state index contributed by atoms with van der Waals surface area (Å²) in [4.78, 5) is 14.5. The quantitative estimate of drug-likeness (QED) is 0.125. The molecule has 2 aliphatic heterocycles. The number of rotatable bonds is 11. The van der Waals surface area contributed by atoms with Gasteiger partial charge >= 0.3 is 0 Å². The zero-order valence-corrected chi connectivity index (χ0v) is 39.0. The van der Waals surface area contributed by atoms with Crippen LogP contribution in [0.1, 0.15) is 19.4 Å². The molecule has 2 fully saturated rings. The third kappa shape index (κ3) is 10.4. The normalized spacial score (nSPS) is 15.5. The Balaban J connectivity index is 0.000000179. The minimum Gasteiger partial charge on any atom is -0.494 e. The lowest BCUT2D eigenvalue weighted by Gasteiger charge is -2.33. The fourth-order valence-corrected chi connectivity index (χ4v) is 12.5. The number of anilines is 2. The monoisotopic (exact) mass is 998 g/mol. The van der Waals surface area contributed by atoms with E-state index in [0.29, 0.717) is 68.8 Å². The van der Waals surface area contributed by atoms with E-state index < -0.39 is 20.0 Å². The molecule has 11 nitrogen and oxygen atoms in total. The molecule has 2 saturated heterocycles. The van der Waals surface area contributed by atoms with E-state index in [9.17, 15) is 16.8 Å². The van der Waals surface area contributed by atoms with Crippen molar-refractivity contribution < 1.29 is 21.6 Å². The predicted octanol–water partition coefficient (Wildman–Crippen LogP) is 9.13. The second-order valence-electron chi connectivity index (χ2n) is 13.7. The second-order valence-corrected chi connectivity index (χ2v) is 21.1. The van der Waals surface area contributed by atoms with Crippen molar-refractivity contribution in [3.05, 3.63) is 122 Å². The Morgan fingerprint density at radius 1 is 0.593 bits per heavy atom. The molecule has 0 spiro atoms. The van der Waals surface area contributed by atoms with Crippen LogP contribution in [0.3, 0.4) is 0 Å². The van der Waals surface area contributed by atoms with Crippen LogP contribution < -0.4 is 14.5 Å². The van der Waals surface area contributed by atoms with Crippen molar-refractivity contribution in [1.82, 2.24) is 18.6 Å². The van der Waals surface area contributed by atoms with Crippen LogP contribution in [-0.4, -0.2) is 94.4 Å². The van der Waals surface area contributed by atoms with Crippen LogP contribution in [0.4, 0.5) is 10.3 Å². The SMILES string of the molecule is CCOc1ccc(-c2csc(N3CCN(S(=O)(=O)c4cccc(Br)c4)CC3)n2)cc1.CCc1ccc(-c2csc(N3CCN(S(=O)(=O)c4cccc(Br)c4)CC3)n2)cc1. The molecule has 0 amide bonds. The maximum atomic E-state index is 12.9. The zero-order valence-electron chi connectivity index (χ0n) is 32.6. The molecule has 310 valence electrons. The number of aromatic nitrogens is 2. The average molecular weight is 1000 g/mol. The van der Waals surface area contributed by atoms with E-state index >= 15 is 0 Å². The second kappa shape index (κ2) is 19.4. The highest BCUT2D eigenvalue weighted by molar-refractivity contribution is 9.10. The van der Waals surface area contributed by atoms with Crippen molar-refractivity contribution in [2.75, 3.05) is 68.8 Å². The molecule has 8 rings (SSSR count). The van der Waals surface area contributed by atoms with Gasteiger partial charge in [0, 0.05) is 83.2 Å². The standard InChI is InChI=1S/C21H22BrN3O3S2.C21H22BrN3O2S2/c1-2-28-18-8-6-16(7-9-18)20-15-29-21(23-20)24-10-12-25(13-11-24)30(26,27)19-5-3-4-17(22)14-19;1-2-16-6-8-17(9-7-16)20-15-28-21(23-20)24-10-12-25(13-11-24)29(26,27)19-5-3-4-18(22)14-19/h3-9,14-15H,2,10-13H2,1H3;3-9,14-15H,2,10-13H2,1H3. The van der Waals surface area contributed by atoms with Crippen LogP contribution in [0.25, 0.3) is 22.5 Å². The van der Waals surface area contributed by atoms with Crippen molar-refractivity contribution >= 4 is 84.8 Å². The first kappa shape index (κ1) is 43.4. The lowest BCUT2D eigenvalue weighted by Crippen LogP contribution is -2.48. The lowest BCUT2D eigenvalue weighted by atomic mass is 10.1. The largest absolute Gasteiger partial charge is 0.494 e. The molecule has 0 atom stereocenters. The minimum absolute atomic E-state index is 0.317. The molecule has 0 N–H and O–H groups in total. The number of sulfonamides is 2. The number of hydrogen-bond donors (Lipinski definition) is 0. The zero-order chi connectivity index (χ0) is 41.6. The lowest BCUT2D eigenvalue weighted by molar-refractivity contribution is 0.340. The van der Waals surface area contributed by atoms with Gasteiger partial charge < -0.3 is 14.5 Å². The number of hydrogen-bond acceptors (Lipinski definition) is 11. The Labute approximate surface area is 371 Å². The summed E-state index contributed by atoms with van der Waals surface area (Å²) in [6.45, 7) is 9.03. The molecule has 0 unspecified atom stereocenters. The van der Waals surface area contributed by atoms with Crippen LogP contribution in [0, 0.1) is 0 Å². The molecule has 0 aliphatic carbocycles. The molecule has 2 aliphatic rings. The molecule has 4 heterocycles. The number of thiazole rings is 2. The Hall–Kier alpha value is -3.68. The van der Waals surface area contributed by atoms with E-state index in [0.717, 1.165) is 53.9 Å². The van der Waals surface area contributed by atoms with E-state index in [4.69, 9.17) is 14.7 Å². The molecular weight excluding hydrogens is 957 g/mol. The van der Waals surface area contributed by atoms with Crippen molar-refractivity contribution in [1.29, 1.82) is 0 Å². The molecule has 4 aromatic carbocycles. The average Bonchev–Trinajstić information content (AvgIpc) is 3.96. The van der Waals surface area contributed by atoms with Gasteiger partial charge in [0.05, 0.1) is 27.8 Å². The van der Waals surface area contributed by atoms with Crippen LogP contribution >= 0.6 is 54.5 Å². The number of aryl methyl sites for hydroxylation is 1. The number of piperazine rings is 2. The highest BCUT2D eigenvalue weighted by Gasteiger charge is 2.31. The Morgan fingerprint density at radius 2 is 1.02 bits per heavy atom. The summed E-state index contributed by atoms with van der Waals surface area (Å²) in [5.41, 5.74) is 5.35. The Bertz CT molecular complexity index is 2550. The highest BCUT2D eigenvalue weighted by atomic mass is 79.9. The van der Waals surface area contributed by atoms with Crippen LogP contribution in [0.5, 0.6) is 5.75 Å².